The number of para-hydroxylation sites is 1. The normalized spacial score (nSPS) is 19.1. The molecule has 0 aliphatic carbocycles. The van der Waals surface area contributed by atoms with Gasteiger partial charge in [0.2, 0.25) is 11.8 Å². The van der Waals surface area contributed by atoms with Crippen molar-refractivity contribution in [3.05, 3.63) is 71.1 Å². The Kier molecular flexibility index (Phi) is 8.60. The van der Waals surface area contributed by atoms with Crippen LogP contribution in [0.2, 0.25) is 0 Å². The molecule has 218 valence electrons. The van der Waals surface area contributed by atoms with Crippen LogP contribution in [0.5, 0.6) is 0 Å². The zero-order valence-electron chi connectivity index (χ0n) is 24.1. The Labute approximate surface area is 250 Å². The molecular formula is C33H37N5O3S. The summed E-state index contributed by atoms with van der Waals surface area (Å²) in [5.41, 5.74) is 4.81. The number of fused-ring (bicyclic) bond motifs is 1. The van der Waals surface area contributed by atoms with E-state index in [-0.39, 0.29) is 29.8 Å². The lowest BCUT2D eigenvalue weighted by Crippen LogP contribution is -2.56. The summed E-state index contributed by atoms with van der Waals surface area (Å²) in [5, 5.41) is 10.1. The minimum absolute atomic E-state index is 0.0153. The number of nitrogens with zero attached hydrogens (tertiary/aromatic N) is 3. The number of thiazole rings is 1. The molecule has 2 N–H and O–H groups in total. The number of benzene rings is 2. The van der Waals surface area contributed by atoms with Crippen molar-refractivity contribution in [3.63, 3.8) is 0 Å². The second kappa shape index (κ2) is 12.7. The number of ether oxygens (including phenoxy) is 1. The van der Waals surface area contributed by atoms with Crippen molar-refractivity contribution in [3.8, 4) is 22.5 Å². The largest absolute Gasteiger partial charge is 0.381 e. The van der Waals surface area contributed by atoms with Crippen LogP contribution in [-0.2, 0) is 14.3 Å². The molecule has 2 aromatic carbocycles. The van der Waals surface area contributed by atoms with Crippen molar-refractivity contribution in [1.82, 2.24) is 25.5 Å². The first-order valence-electron chi connectivity index (χ1n) is 14.8. The topological polar surface area (TPSA) is 96.5 Å². The number of carbonyl (C=O) groups is 2. The van der Waals surface area contributed by atoms with Gasteiger partial charge in [0.15, 0.2) is 0 Å². The minimum atomic E-state index is -0.574. The van der Waals surface area contributed by atoms with E-state index in [9.17, 15) is 9.59 Å². The molecule has 0 unspecified atom stereocenters. The van der Waals surface area contributed by atoms with E-state index >= 15 is 0 Å². The summed E-state index contributed by atoms with van der Waals surface area (Å²) in [6, 6.07) is 19.4. The predicted octanol–water partition coefficient (Wildman–Crippen LogP) is 5.21. The zero-order chi connectivity index (χ0) is 29.1. The van der Waals surface area contributed by atoms with Gasteiger partial charge in [-0.15, -0.1) is 11.3 Å². The zero-order valence-corrected chi connectivity index (χ0v) is 24.9. The molecule has 0 bridgehead atoms. The summed E-state index contributed by atoms with van der Waals surface area (Å²) >= 11 is 1.60. The average Bonchev–Trinajstić information content (AvgIpc) is 3.73. The Morgan fingerprint density at radius 3 is 2.55 bits per heavy atom. The highest BCUT2D eigenvalue weighted by molar-refractivity contribution is 7.10. The third-order valence-corrected chi connectivity index (χ3v) is 9.48. The molecule has 9 heteroatoms. The van der Waals surface area contributed by atoms with Gasteiger partial charge < -0.3 is 20.3 Å². The molecule has 2 aliphatic rings. The number of carbonyl (C=O) groups excluding carboxylic acids is 2. The quantitative estimate of drug-likeness (QED) is 0.296. The van der Waals surface area contributed by atoms with Crippen molar-refractivity contribution < 1.29 is 14.3 Å². The fourth-order valence-electron chi connectivity index (χ4n) is 6.01. The second-order valence-corrected chi connectivity index (χ2v) is 12.0. The molecule has 2 aromatic heterocycles. The number of hydrogen-bond acceptors (Lipinski definition) is 7. The summed E-state index contributed by atoms with van der Waals surface area (Å²) in [6.45, 7) is 3.68. The van der Waals surface area contributed by atoms with Gasteiger partial charge in [-0.25, -0.2) is 9.97 Å². The number of rotatable bonds is 8. The maximum absolute atomic E-state index is 14.1. The molecule has 0 saturated carbocycles. The lowest BCUT2D eigenvalue weighted by molar-refractivity contribution is -0.140. The Hall–Kier alpha value is -3.66. The van der Waals surface area contributed by atoms with Crippen molar-refractivity contribution >= 4 is 34.1 Å². The SMILES string of the molecule is CN[C@@H](C)C(=O)N[C@H](C(=O)N1CCC[C@H]1c1nc(-c2cc(-c3ccccc3)nc3ccccc23)cs1)C1CCOCC1. The Bertz CT molecular complexity index is 1550. The van der Waals surface area contributed by atoms with E-state index in [0.29, 0.717) is 19.8 Å². The van der Waals surface area contributed by atoms with Gasteiger partial charge in [-0.05, 0) is 57.7 Å². The highest BCUT2D eigenvalue weighted by atomic mass is 32.1. The standard InChI is InChI=1S/C33H37N5O3S/c1-21(34-2)31(39)37-30(23-14-17-41-18-15-23)33(40)38-16-8-13-29(38)32-36-28(20-42-32)25-19-27(22-9-4-3-5-10-22)35-26-12-7-6-11-24(25)26/h3-7,9-12,19-21,23,29-30,34H,8,13-18H2,1-2H3,(H,37,39)/t21-,29-,30-/m0/s1. The smallest absolute Gasteiger partial charge is 0.246 e. The minimum Gasteiger partial charge on any atom is -0.381 e. The molecule has 4 heterocycles. The molecule has 8 nitrogen and oxygen atoms in total. The first-order valence-corrected chi connectivity index (χ1v) is 15.7. The van der Waals surface area contributed by atoms with Crippen LogP contribution in [0.1, 0.15) is 43.7 Å². The van der Waals surface area contributed by atoms with Crippen LogP contribution in [0.25, 0.3) is 33.4 Å². The van der Waals surface area contributed by atoms with E-state index in [4.69, 9.17) is 14.7 Å². The maximum Gasteiger partial charge on any atom is 0.246 e. The molecule has 4 aromatic rings. The molecular weight excluding hydrogens is 546 g/mol. The number of likely N-dealkylation sites (N-methyl/N-ethyl adjacent to an activating group) is 1. The molecule has 2 aliphatic heterocycles. The predicted molar refractivity (Wildman–Crippen MR) is 166 cm³/mol. The first kappa shape index (κ1) is 28.5. The van der Waals surface area contributed by atoms with E-state index in [1.807, 2.05) is 48.2 Å². The van der Waals surface area contributed by atoms with Gasteiger partial charge in [-0.2, -0.15) is 0 Å². The summed E-state index contributed by atoms with van der Waals surface area (Å²) in [7, 11) is 1.75. The van der Waals surface area contributed by atoms with Gasteiger partial charge in [0, 0.05) is 41.7 Å². The summed E-state index contributed by atoms with van der Waals surface area (Å²) in [6.07, 6.45) is 3.27. The molecule has 2 fully saturated rings. The molecule has 3 atom stereocenters. The average molecular weight is 584 g/mol. The summed E-state index contributed by atoms with van der Waals surface area (Å²) in [5.74, 6) is -0.126. The molecule has 6 rings (SSSR count). The monoisotopic (exact) mass is 583 g/mol. The van der Waals surface area contributed by atoms with Crippen molar-refractivity contribution in [2.45, 2.75) is 50.7 Å². The van der Waals surface area contributed by atoms with Crippen LogP contribution >= 0.6 is 11.3 Å². The number of nitrogens with one attached hydrogen (secondary N) is 2. The molecule has 2 saturated heterocycles. The Balaban J connectivity index is 1.30. The number of pyridine rings is 1. The van der Waals surface area contributed by atoms with E-state index in [0.717, 1.165) is 64.1 Å². The lowest BCUT2D eigenvalue weighted by atomic mass is 9.90. The van der Waals surface area contributed by atoms with E-state index < -0.39 is 6.04 Å². The summed E-state index contributed by atoms with van der Waals surface area (Å²) in [4.78, 5) is 39.1. The van der Waals surface area contributed by atoms with Crippen molar-refractivity contribution in [1.29, 1.82) is 0 Å². The Morgan fingerprint density at radius 2 is 1.76 bits per heavy atom. The number of likely N-dealkylation sites (tertiary alicyclic amines) is 1. The van der Waals surface area contributed by atoms with Gasteiger partial charge in [0.25, 0.3) is 0 Å². The van der Waals surface area contributed by atoms with Gasteiger partial charge in [0.05, 0.1) is 29.0 Å². The van der Waals surface area contributed by atoms with E-state index in [1.54, 1.807) is 18.4 Å². The van der Waals surface area contributed by atoms with Crippen LogP contribution in [0, 0.1) is 5.92 Å². The molecule has 0 spiro atoms. The molecule has 2 amide bonds. The third-order valence-electron chi connectivity index (χ3n) is 8.53. The Morgan fingerprint density at radius 1 is 1.00 bits per heavy atom. The van der Waals surface area contributed by atoms with Crippen LogP contribution < -0.4 is 10.6 Å². The van der Waals surface area contributed by atoms with Crippen LogP contribution in [-0.4, -0.2) is 65.6 Å². The first-order chi connectivity index (χ1) is 20.5. The lowest BCUT2D eigenvalue weighted by Gasteiger charge is -2.35. The van der Waals surface area contributed by atoms with Crippen molar-refractivity contribution in [2.24, 2.45) is 5.92 Å². The van der Waals surface area contributed by atoms with Gasteiger partial charge in [-0.1, -0.05) is 48.5 Å². The summed E-state index contributed by atoms with van der Waals surface area (Å²) < 4.78 is 5.57. The van der Waals surface area contributed by atoms with Crippen LogP contribution in [0.3, 0.4) is 0 Å². The van der Waals surface area contributed by atoms with Gasteiger partial charge in [-0.3, -0.25) is 9.59 Å². The molecule has 0 radical (unpaired) electrons. The number of aromatic nitrogens is 2. The number of hydrogen-bond donors (Lipinski definition) is 2. The highest BCUT2D eigenvalue weighted by Gasteiger charge is 2.40. The maximum atomic E-state index is 14.1. The fourth-order valence-corrected chi connectivity index (χ4v) is 6.98. The van der Waals surface area contributed by atoms with Gasteiger partial charge in [0.1, 0.15) is 11.0 Å². The van der Waals surface area contributed by atoms with E-state index in [2.05, 4.69) is 40.3 Å². The van der Waals surface area contributed by atoms with Gasteiger partial charge >= 0.3 is 0 Å². The fraction of sp³-hybridized carbons (Fsp3) is 0.394. The molecule has 42 heavy (non-hydrogen) atoms. The van der Waals surface area contributed by atoms with Crippen LogP contribution in [0.15, 0.2) is 66.0 Å². The van der Waals surface area contributed by atoms with E-state index in [1.165, 1.54) is 0 Å². The highest BCUT2D eigenvalue weighted by Crippen LogP contribution is 2.39. The second-order valence-electron chi connectivity index (χ2n) is 11.1. The third kappa shape index (κ3) is 5.82. The van der Waals surface area contributed by atoms with Crippen molar-refractivity contribution in [2.75, 3.05) is 26.8 Å². The number of amides is 2. The van der Waals surface area contributed by atoms with Crippen LogP contribution in [0.4, 0.5) is 0 Å².